The lowest BCUT2D eigenvalue weighted by Crippen LogP contribution is -1.96. The Balaban J connectivity index is 2.11. The molecular formula is C14H16BrNOS. The molecular weight excluding hydrogens is 310 g/mol. The van der Waals surface area contributed by atoms with Crippen LogP contribution in [0, 0.1) is 27.7 Å². The third-order valence-corrected chi connectivity index (χ3v) is 5.14. The number of nitrogens with zero attached hydrogens (tertiary/aromatic N) is 1. The van der Waals surface area contributed by atoms with E-state index < -0.39 is 0 Å². The van der Waals surface area contributed by atoms with Gasteiger partial charge in [0, 0.05) is 9.35 Å². The van der Waals surface area contributed by atoms with E-state index in [1.54, 1.807) is 11.3 Å². The fourth-order valence-corrected chi connectivity index (χ4v) is 2.81. The molecule has 1 aromatic heterocycles. The van der Waals surface area contributed by atoms with Crippen molar-refractivity contribution in [2.75, 3.05) is 0 Å². The zero-order valence-electron chi connectivity index (χ0n) is 11.0. The van der Waals surface area contributed by atoms with E-state index >= 15 is 0 Å². The average Bonchev–Trinajstić information content (AvgIpc) is 2.63. The van der Waals surface area contributed by atoms with Crippen LogP contribution in [0.1, 0.15) is 26.7 Å². The SMILES string of the molecule is Cc1cc(OCc2nc(C)c(C)s2)cc(C)c1Br. The van der Waals surface area contributed by atoms with Gasteiger partial charge in [-0.15, -0.1) is 11.3 Å². The Morgan fingerprint density at radius 2 is 1.78 bits per heavy atom. The van der Waals surface area contributed by atoms with Crippen molar-refractivity contribution < 1.29 is 4.74 Å². The Hall–Kier alpha value is -0.870. The molecule has 0 radical (unpaired) electrons. The highest BCUT2D eigenvalue weighted by atomic mass is 79.9. The predicted octanol–water partition coefficient (Wildman–Crippen LogP) is 4.72. The maximum absolute atomic E-state index is 5.80. The van der Waals surface area contributed by atoms with E-state index in [2.05, 4.69) is 41.7 Å². The van der Waals surface area contributed by atoms with Crippen molar-refractivity contribution in [3.63, 3.8) is 0 Å². The highest BCUT2D eigenvalue weighted by Gasteiger charge is 2.06. The van der Waals surface area contributed by atoms with Gasteiger partial charge in [-0.3, -0.25) is 0 Å². The molecule has 0 aliphatic rings. The van der Waals surface area contributed by atoms with Crippen LogP contribution < -0.4 is 4.74 Å². The third kappa shape index (κ3) is 2.93. The topological polar surface area (TPSA) is 22.1 Å². The van der Waals surface area contributed by atoms with Crippen molar-refractivity contribution in [1.82, 2.24) is 4.98 Å². The van der Waals surface area contributed by atoms with Crippen molar-refractivity contribution in [3.05, 3.63) is 43.3 Å². The number of halogens is 1. The lowest BCUT2D eigenvalue weighted by molar-refractivity contribution is 0.305. The summed E-state index contributed by atoms with van der Waals surface area (Å²) in [5.41, 5.74) is 3.48. The summed E-state index contributed by atoms with van der Waals surface area (Å²) in [6.07, 6.45) is 0. The molecule has 0 unspecified atom stereocenters. The zero-order chi connectivity index (χ0) is 13.3. The standard InChI is InChI=1S/C14H16BrNOS/c1-8-5-12(6-9(2)14(8)15)17-7-13-16-10(3)11(4)18-13/h5-6H,7H2,1-4H3. The molecule has 0 atom stereocenters. The predicted molar refractivity (Wildman–Crippen MR) is 79.5 cm³/mol. The first-order valence-electron chi connectivity index (χ1n) is 5.80. The molecule has 0 aliphatic heterocycles. The van der Waals surface area contributed by atoms with Crippen LogP contribution in [-0.4, -0.2) is 4.98 Å². The number of aryl methyl sites for hydroxylation is 4. The van der Waals surface area contributed by atoms with Gasteiger partial charge in [0.25, 0.3) is 0 Å². The zero-order valence-corrected chi connectivity index (χ0v) is 13.4. The number of hydrogen-bond donors (Lipinski definition) is 0. The molecule has 1 heterocycles. The lowest BCUT2D eigenvalue weighted by Gasteiger charge is -2.08. The van der Waals surface area contributed by atoms with Gasteiger partial charge in [-0.25, -0.2) is 4.98 Å². The van der Waals surface area contributed by atoms with Crippen LogP contribution in [0.25, 0.3) is 0 Å². The van der Waals surface area contributed by atoms with Crippen molar-refractivity contribution in [3.8, 4) is 5.75 Å². The summed E-state index contributed by atoms with van der Waals surface area (Å²) in [4.78, 5) is 5.73. The number of benzene rings is 1. The van der Waals surface area contributed by atoms with Crippen LogP contribution in [0.4, 0.5) is 0 Å². The smallest absolute Gasteiger partial charge is 0.140 e. The summed E-state index contributed by atoms with van der Waals surface area (Å²) < 4.78 is 6.95. The van der Waals surface area contributed by atoms with Crippen molar-refractivity contribution in [1.29, 1.82) is 0 Å². The van der Waals surface area contributed by atoms with Gasteiger partial charge in [0.15, 0.2) is 0 Å². The Bertz CT molecular complexity index is 535. The van der Waals surface area contributed by atoms with E-state index in [-0.39, 0.29) is 0 Å². The van der Waals surface area contributed by atoms with Crippen LogP contribution in [0.5, 0.6) is 5.75 Å². The molecule has 0 saturated heterocycles. The molecule has 0 spiro atoms. The molecule has 2 aromatic rings. The molecule has 2 nitrogen and oxygen atoms in total. The Labute approximate surface area is 120 Å². The van der Waals surface area contributed by atoms with Gasteiger partial charge in [-0.2, -0.15) is 0 Å². The van der Waals surface area contributed by atoms with Gasteiger partial charge in [0.05, 0.1) is 5.69 Å². The first-order chi connectivity index (χ1) is 8.47. The molecule has 0 bridgehead atoms. The average molecular weight is 326 g/mol. The molecule has 0 fully saturated rings. The molecule has 0 amide bonds. The largest absolute Gasteiger partial charge is 0.486 e. The van der Waals surface area contributed by atoms with Gasteiger partial charge < -0.3 is 4.74 Å². The molecule has 18 heavy (non-hydrogen) atoms. The summed E-state index contributed by atoms with van der Waals surface area (Å²) in [6, 6.07) is 4.09. The van der Waals surface area contributed by atoms with Gasteiger partial charge >= 0.3 is 0 Å². The first-order valence-corrected chi connectivity index (χ1v) is 7.40. The van der Waals surface area contributed by atoms with E-state index in [4.69, 9.17) is 4.74 Å². The summed E-state index contributed by atoms with van der Waals surface area (Å²) in [5.74, 6) is 0.902. The van der Waals surface area contributed by atoms with Crippen LogP contribution in [-0.2, 0) is 6.61 Å². The summed E-state index contributed by atoms with van der Waals surface area (Å²) in [7, 11) is 0. The third-order valence-electron chi connectivity index (χ3n) is 2.85. The minimum absolute atomic E-state index is 0.542. The molecule has 1 aromatic carbocycles. The van der Waals surface area contributed by atoms with Gasteiger partial charge in [-0.05, 0) is 51.0 Å². The van der Waals surface area contributed by atoms with E-state index in [0.29, 0.717) is 6.61 Å². The maximum atomic E-state index is 5.80. The highest BCUT2D eigenvalue weighted by molar-refractivity contribution is 9.10. The van der Waals surface area contributed by atoms with E-state index in [9.17, 15) is 0 Å². The van der Waals surface area contributed by atoms with Crippen LogP contribution in [0.2, 0.25) is 0 Å². The molecule has 0 N–H and O–H groups in total. The number of rotatable bonds is 3. The molecule has 0 aliphatic carbocycles. The summed E-state index contributed by atoms with van der Waals surface area (Å²) >= 11 is 5.26. The number of ether oxygens (including phenoxy) is 1. The fraction of sp³-hybridized carbons (Fsp3) is 0.357. The van der Waals surface area contributed by atoms with E-state index in [1.807, 2.05) is 19.1 Å². The van der Waals surface area contributed by atoms with E-state index in [1.165, 1.54) is 16.0 Å². The van der Waals surface area contributed by atoms with Gasteiger partial charge in [-0.1, -0.05) is 15.9 Å². The Morgan fingerprint density at radius 3 is 2.28 bits per heavy atom. The fourth-order valence-electron chi connectivity index (χ4n) is 1.74. The van der Waals surface area contributed by atoms with Crippen LogP contribution in [0.3, 0.4) is 0 Å². The lowest BCUT2D eigenvalue weighted by atomic mass is 10.1. The maximum Gasteiger partial charge on any atom is 0.140 e. The van der Waals surface area contributed by atoms with Gasteiger partial charge in [0.1, 0.15) is 17.4 Å². The Morgan fingerprint density at radius 1 is 1.17 bits per heavy atom. The number of aromatic nitrogens is 1. The van der Waals surface area contributed by atoms with Crippen molar-refractivity contribution in [2.24, 2.45) is 0 Å². The van der Waals surface area contributed by atoms with Crippen LogP contribution >= 0.6 is 27.3 Å². The second-order valence-corrected chi connectivity index (χ2v) is 6.49. The van der Waals surface area contributed by atoms with Crippen molar-refractivity contribution >= 4 is 27.3 Å². The van der Waals surface area contributed by atoms with E-state index in [0.717, 1.165) is 20.9 Å². The quantitative estimate of drug-likeness (QED) is 0.814. The summed E-state index contributed by atoms with van der Waals surface area (Å²) in [6.45, 7) is 8.80. The number of thiazole rings is 1. The normalized spacial score (nSPS) is 10.7. The minimum atomic E-state index is 0.542. The van der Waals surface area contributed by atoms with Gasteiger partial charge in [0.2, 0.25) is 0 Å². The Kier molecular flexibility index (Phi) is 4.07. The molecule has 2 rings (SSSR count). The highest BCUT2D eigenvalue weighted by Crippen LogP contribution is 2.27. The van der Waals surface area contributed by atoms with Crippen molar-refractivity contribution in [2.45, 2.75) is 34.3 Å². The molecule has 96 valence electrons. The first kappa shape index (κ1) is 13.6. The summed E-state index contributed by atoms with van der Waals surface area (Å²) in [5, 5.41) is 1.03. The molecule has 4 heteroatoms. The second-order valence-electron chi connectivity index (χ2n) is 4.41. The van der Waals surface area contributed by atoms with Crippen LogP contribution in [0.15, 0.2) is 16.6 Å². The number of hydrogen-bond acceptors (Lipinski definition) is 3. The monoisotopic (exact) mass is 325 g/mol. The molecule has 0 saturated carbocycles. The minimum Gasteiger partial charge on any atom is -0.486 e. The second kappa shape index (κ2) is 5.41.